The number of carbonyl (C=O) groups excluding carboxylic acids is 2. The first-order valence-corrected chi connectivity index (χ1v) is 37.7. The summed E-state index contributed by atoms with van der Waals surface area (Å²) in [6.45, 7) is 29.9. The van der Waals surface area contributed by atoms with Crippen LogP contribution in [0.1, 0.15) is 25.6 Å². The number of hydrogen-bond donors (Lipinski definition) is 1. The van der Waals surface area contributed by atoms with Crippen molar-refractivity contribution in [1.29, 1.82) is 0 Å². The van der Waals surface area contributed by atoms with Gasteiger partial charge >= 0.3 is 0 Å². The average Bonchev–Trinajstić information content (AvgIpc) is 0.863. The minimum absolute atomic E-state index is 0.107. The SMILES string of the molecule is CC(=O)CCOCCOCCOCCOCCOCCOCCOCCOCCOCCOCCOCCOCCOCCOCCOCCOCCOCCOCCOCCOCCOCCOCCOCCOCCNC(=O)CCOCCOCCOCCOCCOc1ccc(-c2nnc(C)nn2)cc1. The monoisotopic (exact) mass is 1560 g/mol. The molecule has 0 spiro atoms. The zero-order chi connectivity index (χ0) is 76.8. The summed E-state index contributed by atoms with van der Waals surface area (Å²) in [4.78, 5) is 22.9. The molecule has 36 nitrogen and oxygen atoms in total. The van der Waals surface area contributed by atoms with Crippen molar-refractivity contribution >= 4 is 11.7 Å². The number of benzene rings is 1. The van der Waals surface area contributed by atoms with Crippen LogP contribution in [0.2, 0.25) is 0 Å². The van der Waals surface area contributed by atoms with Crippen molar-refractivity contribution in [2.45, 2.75) is 26.7 Å². The molecule has 1 aromatic heterocycles. The third-order valence-corrected chi connectivity index (χ3v) is 13.5. The molecule has 630 valence electrons. The van der Waals surface area contributed by atoms with E-state index in [9.17, 15) is 9.59 Å². The number of Topliss-reactive ketones (excluding diaryl/α,β-unsaturated/α-hetero) is 1. The molecule has 0 saturated heterocycles. The maximum atomic E-state index is 12.0. The van der Waals surface area contributed by atoms with Gasteiger partial charge in [0.1, 0.15) is 18.1 Å². The lowest BCUT2D eigenvalue weighted by Crippen LogP contribution is -2.28. The van der Waals surface area contributed by atoms with Crippen LogP contribution < -0.4 is 10.1 Å². The molecule has 0 saturated carbocycles. The number of aromatic nitrogens is 4. The van der Waals surface area contributed by atoms with E-state index in [-0.39, 0.29) is 18.1 Å². The van der Waals surface area contributed by atoms with Crippen molar-refractivity contribution in [2.24, 2.45) is 0 Å². The summed E-state index contributed by atoms with van der Waals surface area (Å²) >= 11 is 0. The van der Waals surface area contributed by atoms with E-state index in [0.29, 0.717) is 407 Å². The zero-order valence-electron chi connectivity index (χ0n) is 64.7. The number of aryl methyl sites for hydroxylation is 1. The van der Waals surface area contributed by atoms with E-state index in [1.165, 1.54) is 0 Å². The Morgan fingerprint density at radius 2 is 0.426 bits per heavy atom. The maximum Gasteiger partial charge on any atom is 0.222 e. The molecule has 0 aliphatic rings. The van der Waals surface area contributed by atoms with Gasteiger partial charge in [0.05, 0.1) is 370 Å². The van der Waals surface area contributed by atoms with Gasteiger partial charge in [-0.05, 0) is 38.1 Å². The van der Waals surface area contributed by atoms with Crippen LogP contribution in [-0.4, -0.2) is 415 Å². The van der Waals surface area contributed by atoms with Gasteiger partial charge in [-0.15, -0.1) is 20.4 Å². The van der Waals surface area contributed by atoms with Crippen molar-refractivity contribution in [2.75, 3.05) is 383 Å². The number of ketones is 1. The molecule has 108 heavy (non-hydrogen) atoms. The smallest absolute Gasteiger partial charge is 0.222 e. The average molecular weight is 1560 g/mol. The van der Waals surface area contributed by atoms with Crippen LogP contribution in [0.4, 0.5) is 0 Å². The molecule has 2 rings (SSSR count). The van der Waals surface area contributed by atoms with E-state index in [1.807, 2.05) is 24.3 Å². The summed E-state index contributed by atoms with van der Waals surface area (Å²) in [5, 5.41) is 18.7. The zero-order valence-corrected chi connectivity index (χ0v) is 64.7. The third-order valence-electron chi connectivity index (χ3n) is 13.5. The summed E-state index contributed by atoms with van der Waals surface area (Å²) in [6, 6.07) is 7.38. The Labute approximate surface area is 639 Å². The Hall–Kier alpha value is -4.02. The van der Waals surface area contributed by atoms with E-state index >= 15 is 0 Å². The van der Waals surface area contributed by atoms with Crippen LogP contribution >= 0.6 is 0 Å². The lowest BCUT2D eigenvalue weighted by atomic mass is 10.2. The largest absolute Gasteiger partial charge is 0.491 e. The lowest BCUT2D eigenvalue weighted by molar-refractivity contribution is -0.122. The predicted octanol–water partition coefficient (Wildman–Crippen LogP) is 1.57. The van der Waals surface area contributed by atoms with Crippen LogP contribution in [0.15, 0.2) is 24.3 Å². The normalized spacial score (nSPS) is 11.6. The van der Waals surface area contributed by atoms with Crippen molar-refractivity contribution in [3.63, 3.8) is 0 Å². The third kappa shape index (κ3) is 77.3. The first-order valence-electron chi connectivity index (χ1n) is 37.7. The van der Waals surface area contributed by atoms with Crippen molar-refractivity contribution in [3.05, 3.63) is 30.1 Å². The number of nitrogens with one attached hydrogen (secondary N) is 1. The highest BCUT2D eigenvalue weighted by Gasteiger charge is 2.07. The van der Waals surface area contributed by atoms with Gasteiger partial charge in [-0.2, -0.15) is 0 Å². The van der Waals surface area contributed by atoms with Crippen LogP contribution in [0.5, 0.6) is 5.75 Å². The van der Waals surface area contributed by atoms with Gasteiger partial charge in [0.15, 0.2) is 5.82 Å². The number of nitrogens with zero attached hydrogens (tertiary/aromatic N) is 4. The summed E-state index contributed by atoms with van der Waals surface area (Å²) in [6.07, 6.45) is 0.685. The quantitative estimate of drug-likeness (QED) is 0.0918. The molecule has 1 N–H and O–H groups in total. The van der Waals surface area contributed by atoms with E-state index in [2.05, 4.69) is 25.7 Å². The van der Waals surface area contributed by atoms with Crippen LogP contribution in [0.3, 0.4) is 0 Å². The van der Waals surface area contributed by atoms with Gasteiger partial charge in [-0.25, -0.2) is 0 Å². The first kappa shape index (κ1) is 100. The highest BCUT2D eigenvalue weighted by molar-refractivity contribution is 5.76. The number of hydrogen-bond acceptors (Lipinski definition) is 35. The standard InChI is InChI=1S/C72H131N5O31/c1-67(78)7-10-80-13-16-83-19-22-86-25-27-88-29-31-90-33-35-92-37-39-94-41-43-96-45-47-98-49-51-100-53-55-102-57-59-104-61-62-105-60-58-103-56-54-101-52-50-99-48-46-97-44-42-95-40-38-93-36-34-91-32-30-89-28-26-87-24-21-85-18-15-82-12-9-73-71(79)8-11-81-14-17-84-20-23-106-63-64-107-65-66-108-70-5-3-69(4-6-70)72-76-74-68(2)75-77-72/h3-6H,7-66H2,1-2H3,(H,73,79). The molecular formula is C72H131N5O31. The van der Waals surface area contributed by atoms with Crippen LogP contribution in [-0.2, 0) is 142 Å². The Morgan fingerprint density at radius 1 is 0.241 bits per heavy atom. The van der Waals surface area contributed by atoms with Crippen molar-refractivity contribution in [1.82, 2.24) is 25.7 Å². The molecule has 0 radical (unpaired) electrons. The number of ether oxygens (including phenoxy) is 29. The van der Waals surface area contributed by atoms with Crippen LogP contribution in [0, 0.1) is 6.92 Å². The molecule has 0 unspecified atom stereocenters. The second-order valence-corrected chi connectivity index (χ2v) is 22.3. The molecule has 0 atom stereocenters. The molecule has 0 bridgehead atoms. The fraction of sp³-hybridized carbons (Fsp3) is 0.861. The van der Waals surface area contributed by atoms with Gasteiger partial charge < -0.3 is 143 Å². The van der Waals surface area contributed by atoms with Crippen LogP contribution in [0.25, 0.3) is 11.4 Å². The second-order valence-electron chi connectivity index (χ2n) is 22.3. The minimum atomic E-state index is -0.107. The lowest BCUT2D eigenvalue weighted by Gasteiger charge is -2.09. The minimum Gasteiger partial charge on any atom is -0.491 e. The first-order chi connectivity index (χ1) is 53.5. The molecule has 0 fully saturated rings. The van der Waals surface area contributed by atoms with Gasteiger partial charge in [-0.3, -0.25) is 9.59 Å². The van der Waals surface area contributed by atoms with Gasteiger partial charge in [-0.1, -0.05) is 0 Å². The molecular weight excluding hydrogens is 1430 g/mol. The molecule has 0 aliphatic heterocycles. The topological polar surface area (TPSA) is 365 Å². The highest BCUT2D eigenvalue weighted by atomic mass is 16.6. The summed E-state index contributed by atoms with van der Waals surface area (Å²) in [5.41, 5.74) is 0.806. The number of amides is 1. The highest BCUT2D eigenvalue weighted by Crippen LogP contribution is 2.18. The van der Waals surface area contributed by atoms with Crippen molar-refractivity contribution < 1.29 is 147 Å². The Kier molecular flexibility index (Phi) is 79.1. The summed E-state index contributed by atoms with van der Waals surface area (Å²) in [5.74, 6) is 1.70. The Bertz CT molecular complexity index is 2140. The fourth-order valence-electron chi connectivity index (χ4n) is 7.97. The summed E-state index contributed by atoms with van der Waals surface area (Å²) in [7, 11) is 0. The second kappa shape index (κ2) is 85.4. The number of rotatable bonds is 92. The van der Waals surface area contributed by atoms with Gasteiger partial charge in [0.2, 0.25) is 11.7 Å². The molecule has 1 aromatic carbocycles. The molecule has 1 amide bonds. The predicted molar refractivity (Wildman–Crippen MR) is 389 cm³/mol. The Balaban J connectivity index is 1.10. The van der Waals surface area contributed by atoms with E-state index in [0.717, 1.165) is 5.56 Å². The molecule has 2 aromatic rings. The maximum absolute atomic E-state index is 12.0. The van der Waals surface area contributed by atoms with Gasteiger partial charge in [0.25, 0.3) is 0 Å². The van der Waals surface area contributed by atoms with E-state index in [1.54, 1.807) is 13.8 Å². The molecule has 1 heterocycles. The van der Waals surface area contributed by atoms with Crippen molar-refractivity contribution in [3.8, 4) is 17.1 Å². The summed E-state index contributed by atoms with van der Waals surface area (Å²) < 4.78 is 160. The number of carbonyl (C=O) groups is 2. The molecule has 36 heteroatoms. The fourth-order valence-corrected chi connectivity index (χ4v) is 7.97. The Morgan fingerprint density at radius 3 is 0.639 bits per heavy atom. The van der Waals surface area contributed by atoms with Gasteiger partial charge in [0, 0.05) is 24.9 Å². The molecule has 0 aliphatic carbocycles. The van der Waals surface area contributed by atoms with E-state index in [4.69, 9.17) is 137 Å². The van der Waals surface area contributed by atoms with E-state index < -0.39 is 0 Å².